The van der Waals surface area contributed by atoms with Crippen LogP contribution >= 0.6 is 0 Å². The van der Waals surface area contributed by atoms with Crippen molar-refractivity contribution in [3.63, 3.8) is 0 Å². The molecule has 0 radical (unpaired) electrons. The fraction of sp³-hybridized carbons (Fsp3) is 0.533. The van der Waals surface area contributed by atoms with E-state index < -0.39 is 10.8 Å². The van der Waals surface area contributed by atoms with Gasteiger partial charge in [-0.15, -0.1) is 0 Å². The van der Waals surface area contributed by atoms with E-state index in [0.29, 0.717) is 37.6 Å². The normalized spacial score (nSPS) is 27.1. The van der Waals surface area contributed by atoms with Crippen molar-refractivity contribution in [1.29, 1.82) is 0 Å². The number of hydrogen-bond donors (Lipinski definition) is 0. The molecule has 1 aliphatic heterocycles. The van der Waals surface area contributed by atoms with E-state index in [-0.39, 0.29) is 17.0 Å². The molecule has 20 heavy (non-hydrogen) atoms. The third kappa shape index (κ3) is 2.46. The molecular weight excluding hydrogens is 276 g/mol. The standard InChI is InChI=1S/C15H18O4S/c1-10-12(16)4-6-15(10)20(17)11-3-5-13-14(9-11)19-8-2-7-18-13/h3,5,9-10,15H,2,4,6-8H2,1H3. The van der Waals surface area contributed by atoms with Crippen LogP contribution in [0.4, 0.5) is 0 Å². The van der Waals surface area contributed by atoms with E-state index in [0.717, 1.165) is 11.3 Å². The topological polar surface area (TPSA) is 52.6 Å². The summed E-state index contributed by atoms with van der Waals surface area (Å²) in [6, 6.07) is 5.43. The summed E-state index contributed by atoms with van der Waals surface area (Å²) in [6.45, 7) is 3.13. The molecule has 1 aromatic carbocycles. The molecule has 1 aliphatic carbocycles. The first-order valence-corrected chi connectivity index (χ1v) is 8.21. The molecule has 0 spiro atoms. The maximum atomic E-state index is 12.6. The van der Waals surface area contributed by atoms with E-state index >= 15 is 0 Å². The SMILES string of the molecule is CC1C(=O)CCC1S(=O)c1ccc2c(c1)OCCCO2. The van der Waals surface area contributed by atoms with Gasteiger partial charge >= 0.3 is 0 Å². The lowest BCUT2D eigenvalue weighted by molar-refractivity contribution is -0.120. The second kappa shape index (κ2) is 5.56. The van der Waals surface area contributed by atoms with Crippen molar-refractivity contribution in [2.24, 2.45) is 5.92 Å². The van der Waals surface area contributed by atoms with E-state index in [1.807, 2.05) is 19.1 Å². The van der Waals surface area contributed by atoms with E-state index in [2.05, 4.69) is 0 Å². The molecule has 0 saturated heterocycles. The monoisotopic (exact) mass is 294 g/mol. The summed E-state index contributed by atoms with van der Waals surface area (Å²) in [5, 5.41) is -0.0766. The van der Waals surface area contributed by atoms with Crippen molar-refractivity contribution >= 4 is 16.6 Å². The Morgan fingerprint density at radius 3 is 2.65 bits per heavy atom. The van der Waals surface area contributed by atoms with Gasteiger partial charge in [-0.3, -0.25) is 9.00 Å². The second-order valence-corrected chi connectivity index (χ2v) is 6.96. The molecular formula is C15H18O4S. The summed E-state index contributed by atoms with van der Waals surface area (Å²) in [5.74, 6) is 1.47. The minimum absolute atomic E-state index is 0.0766. The van der Waals surface area contributed by atoms with Crippen LogP contribution in [-0.2, 0) is 15.6 Å². The van der Waals surface area contributed by atoms with Gasteiger partial charge < -0.3 is 9.47 Å². The minimum Gasteiger partial charge on any atom is -0.490 e. The zero-order valence-electron chi connectivity index (χ0n) is 11.5. The van der Waals surface area contributed by atoms with Crippen molar-refractivity contribution < 1.29 is 18.5 Å². The molecule has 3 atom stereocenters. The van der Waals surface area contributed by atoms with Gasteiger partial charge in [0.05, 0.1) is 24.0 Å². The number of benzene rings is 1. The Kier molecular flexibility index (Phi) is 3.78. The van der Waals surface area contributed by atoms with Gasteiger partial charge in [0.2, 0.25) is 0 Å². The summed E-state index contributed by atoms with van der Waals surface area (Å²) < 4.78 is 23.8. The molecule has 0 bridgehead atoms. The fourth-order valence-corrected chi connectivity index (χ4v) is 4.33. The Bertz CT molecular complexity index is 555. The molecule has 3 rings (SSSR count). The van der Waals surface area contributed by atoms with Crippen LogP contribution in [0.1, 0.15) is 26.2 Å². The number of hydrogen-bond acceptors (Lipinski definition) is 4. The molecule has 108 valence electrons. The summed E-state index contributed by atoms with van der Waals surface area (Å²) in [6.07, 6.45) is 2.10. The Labute approximate surface area is 120 Å². The summed E-state index contributed by atoms with van der Waals surface area (Å²) in [4.78, 5) is 12.3. The zero-order chi connectivity index (χ0) is 14.1. The molecule has 0 N–H and O–H groups in total. The third-order valence-electron chi connectivity index (χ3n) is 3.97. The lowest BCUT2D eigenvalue weighted by Crippen LogP contribution is -2.21. The molecule has 1 fully saturated rings. The second-order valence-electron chi connectivity index (χ2n) is 5.29. The highest BCUT2D eigenvalue weighted by Crippen LogP contribution is 2.35. The number of Topliss-reactive ketones (excluding diaryl/α,β-unsaturated/α-hetero) is 1. The molecule has 0 aromatic heterocycles. The first-order chi connectivity index (χ1) is 9.66. The van der Waals surface area contributed by atoms with Gasteiger partial charge in [0.25, 0.3) is 0 Å². The van der Waals surface area contributed by atoms with Gasteiger partial charge in [-0.2, -0.15) is 0 Å². The van der Waals surface area contributed by atoms with Crippen molar-refractivity contribution in [2.45, 2.75) is 36.3 Å². The maximum absolute atomic E-state index is 12.6. The molecule has 5 heteroatoms. The highest BCUT2D eigenvalue weighted by atomic mass is 32.2. The Morgan fingerprint density at radius 1 is 1.20 bits per heavy atom. The summed E-state index contributed by atoms with van der Waals surface area (Å²) in [7, 11) is -1.17. The molecule has 0 amide bonds. The smallest absolute Gasteiger partial charge is 0.162 e. The van der Waals surface area contributed by atoms with E-state index in [9.17, 15) is 9.00 Å². The molecule has 2 aliphatic rings. The molecule has 4 nitrogen and oxygen atoms in total. The van der Waals surface area contributed by atoms with Gasteiger partial charge in [-0.05, 0) is 18.6 Å². The fourth-order valence-electron chi connectivity index (χ4n) is 2.71. The quantitative estimate of drug-likeness (QED) is 0.840. The van der Waals surface area contributed by atoms with Gasteiger partial charge in [-0.25, -0.2) is 0 Å². The Hall–Kier alpha value is -1.36. The average Bonchev–Trinajstić information content (AvgIpc) is 2.68. The van der Waals surface area contributed by atoms with Crippen LogP contribution in [0, 0.1) is 5.92 Å². The number of carbonyl (C=O) groups excluding carboxylic acids is 1. The van der Waals surface area contributed by atoms with E-state index in [1.165, 1.54) is 0 Å². The van der Waals surface area contributed by atoms with E-state index in [4.69, 9.17) is 9.47 Å². The minimum atomic E-state index is -1.17. The predicted octanol–water partition coefficient (Wildman–Crippen LogP) is 2.32. The van der Waals surface area contributed by atoms with Crippen LogP contribution < -0.4 is 9.47 Å². The first-order valence-electron chi connectivity index (χ1n) is 7.00. The number of rotatable bonds is 2. The maximum Gasteiger partial charge on any atom is 0.162 e. The molecule has 1 heterocycles. The lowest BCUT2D eigenvalue weighted by atomic mass is 10.1. The van der Waals surface area contributed by atoms with Crippen molar-refractivity contribution in [3.05, 3.63) is 18.2 Å². The van der Waals surface area contributed by atoms with Gasteiger partial charge in [0, 0.05) is 35.0 Å². The highest BCUT2D eigenvalue weighted by Gasteiger charge is 2.35. The molecule has 1 aromatic rings. The molecule has 3 unspecified atom stereocenters. The van der Waals surface area contributed by atoms with E-state index in [1.54, 1.807) is 6.07 Å². The van der Waals surface area contributed by atoms with Crippen molar-refractivity contribution in [3.8, 4) is 11.5 Å². The predicted molar refractivity (Wildman–Crippen MR) is 75.7 cm³/mol. The third-order valence-corrected chi connectivity index (χ3v) is 5.88. The lowest BCUT2D eigenvalue weighted by Gasteiger charge is -2.15. The number of ether oxygens (including phenoxy) is 2. The zero-order valence-corrected chi connectivity index (χ0v) is 12.3. The summed E-state index contributed by atoms with van der Waals surface area (Å²) >= 11 is 0. The van der Waals surface area contributed by atoms with Crippen molar-refractivity contribution in [1.82, 2.24) is 0 Å². The van der Waals surface area contributed by atoms with Crippen LogP contribution in [0.5, 0.6) is 11.5 Å². The number of fused-ring (bicyclic) bond motifs is 1. The van der Waals surface area contributed by atoms with Gasteiger partial charge in [0.15, 0.2) is 11.5 Å². The van der Waals surface area contributed by atoms with Gasteiger partial charge in [0.1, 0.15) is 5.78 Å². The first kappa shape index (κ1) is 13.6. The van der Waals surface area contributed by atoms with Crippen LogP contribution in [-0.4, -0.2) is 28.5 Å². The highest BCUT2D eigenvalue weighted by molar-refractivity contribution is 7.85. The van der Waals surface area contributed by atoms with Crippen LogP contribution in [0.25, 0.3) is 0 Å². The van der Waals surface area contributed by atoms with Crippen molar-refractivity contribution in [2.75, 3.05) is 13.2 Å². The largest absolute Gasteiger partial charge is 0.490 e. The number of ketones is 1. The summed E-state index contributed by atoms with van der Waals surface area (Å²) in [5.41, 5.74) is 0. The van der Waals surface area contributed by atoms with Crippen LogP contribution in [0.2, 0.25) is 0 Å². The van der Waals surface area contributed by atoms with Crippen LogP contribution in [0.15, 0.2) is 23.1 Å². The average molecular weight is 294 g/mol. The number of carbonyl (C=O) groups is 1. The Morgan fingerprint density at radius 2 is 1.95 bits per heavy atom. The van der Waals surface area contributed by atoms with Crippen LogP contribution in [0.3, 0.4) is 0 Å². The Balaban J connectivity index is 1.85. The van der Waals surface area contributed by atoms with Gasteiger partial charge in [-0.1, -0.05) is 6.92 Å². The molecule has 1 saturated carbocycles.